The largest absolute Gasteiger partial charge is 0.370 e. The maximum atomic E-state index is 3.21. The van der Waals surface area contributed by atoms with E-state index in [1.165, 1.54) is 5.69 Å². The molecule has 0 unspecified atom stereocenters. The van der Waals surface area contributed by atoms with Crippen molar-refractivity contribution in [2.75, 3.05) is 4.90 Å². The van der Waals surface area contributed by atoms with Gasteiger partial charge in [-0.1, -0.05) is 18.2 Å². The molecule has 1 aliphatic heterocycles. The van der Waals surface area contributed by atoms with Crippen LogP contribution in [0.25, 0.3) is 0 Å². The van der Waals surface area contributed by atoms with Crippen molar-refractivity contribution in [1.29, 1.82) is 0 Å². The number of rotatable bonds is 1. The highest BCUT2D eigenvalue weighted by Gasteiger charge is 2.13. The van der Waals surface area contributed by atoms with Crippen molar-refractivity contribution in [2.24, 2.45) is 0 Å². The number of para-hydroxylation sites is 1. The summed E-state index contributed by atoms with van der Waals surface area (Å²) in [6.45, 7) is 2.13. The smallest absolute Gasteiger partial charge is 0.1000 e. The van der Waals surface area contributed by atoms with E-state index in [0.29, 0.717) is 6.17 Å². The first-order chi connectivity index (χ1) is 5.88. The van der Waals surface area contributed by atoms with Crippen LogP contribution in [-0.2, 0) is 0 Å². The first-order valence-corrected chi connectivity index (χ1v) is 4.14. The summed E-state index contributed by atoms with van der Waals surface area (Å²) in [4.78, 5) is 2.19. The van der Waals surface area contributed by atoms with Crippen LogP contribution >= 0.6 is 0 Å². The van der Waals surface area contributed by atoms with Crippen LogP contribution in [0.4, 0.5) is 5.69 Å². The van der Waals surface area contributed by atoms with Crippen LogP contribution in [0.3, 0.4) is 0 Å². The first kappa shape index (κ1) is 7.22. The quantitative estimate of drug-likeness (QED) is 0.675. The number of benzene rings is 1. The SMILES string of the molecule is C[C@H]1NC=CN1c1ccccc1. The molecule has 0 aromatic heterocycles. The molecule has 12 heavy (non-hydrogen) atoms. The molecule has 0 bridgehead atoms. The lowest BCUT2D eigenvalue weighted by molar-refractivity contribution is 0.684. The van der Waals surface area contributed by atoms with Crippen molar-refractivity contribution in [3.63, 3.8) is 0 Å². The Labute approximate surface area is 72.5 Å². The third-order valence-electron chi connectivity index (χ3n) is 2.04. The van der Waals surface area contributed by atoms with Crippen LogP contribution in [0.2, 0.25) is 0 Å². The van der Waals surface area contributed by atoms with Gasteiger partial charge in [-0.3, -0.25) is 0 Å². The zero-order valence-corrected chi connectivity index (χ0v) is 7.07. The van der Waals surface area contributed by atoms with Crippen LogP contribution in [0.15, 0.2) is 42.7 Å². The highest BCUT2D eigenvalue weighted by atomic mass is 15.3. The Morgan fingerprint density at radius 2 is 2.00 bits per heavy atom. The monoisotopic (exact) mass is 160 g/mol. The van der Waals surface area contributed by atoms with Gasteiger partial charge < -0.3 is 10.2 Å². The molecule has 62 valence electrons. The second-order valence-corrected chi connectivity index (χ2v) is 2.90. The molecular weight excluding hydrogens is 148 g/mol. The molecule has 0 saturated carbocycles. The van der Waals surface area contributed by atoms with E-state index >= 15 is 0 Å². The van der Waals surface area contributed by atoms with Gasteiger partial charge in [-0.25, -0.2) is 0 Å². The molecule has 0 spiro atoms. The fourth-order valence-electron chi connectivity index (χ4n) is 1.38. The Kier molecular flexibility index (Phi) is 1.74. The van der Waals surface area contributed by atoms with E-state index in [-0.39, 0.29) is 0 Å². The average Bonchev–Trinajstić information content (AvgIpc) is 2.53. The van der Waals surface area contributed by atoms with Gasteiger partial charge in [0.05, 0.1) is 6.17 Å². The van der Waals surface area contributed by atoms with E-state index in [1.807, 2.05) is 24.4 Å². The maximum absolute atomic E-state index is 3.21. The summed E-state index contributed by atoms with van der Waals surface area (Å²) in [5.41, 5.74) is 1.23. The van der Waals surface area contributed by atoms with Crippen molar-refractivity contribution in [3.05, 3.63) is 42.7 Å². The third kappa shape index (κ3) is 1.16. The number of anilines is 1. The predicted octanol–water partition coefficient (Wildman–Crippen LogP) is 1.91. The van der Waals surface area contributed by atoms with Gasteiger partial charge in [0.1, 0.15) is 0 Å². The van der Waals surface area contributed by atoms with Crippen LogP contribution in [-0.4, -0.2) is 6.17 Å². The van der Waals surface area contributed by atoms with Gasteiger partial charge in [-0.15, -0.1) is 0 Å². The van der Waals surface area contributed by atoms with Crippen LogP contribution in [0, 0.1) is 0 Å². The zero-order chi connectivity index (χ0) is 8.39. The minimum absolute atomic E-state index is 0.368. The van der Waals surface area contributed by atoms with Crippen LogP contribution in [0.1, 0.15) is 6.92 Å². The second-order valence-electron chi connectivity index (χ2n) is 2.90. The summed E-state index contributed by atoms with van der Waals surface area (Å²) in [6, 6.07) is 10.3. The molecule has 1 aromatic carbocycles. The Morgan fingerprint density at radius 1 is 1.25 bits per heavy atom. The normalized spacial score (nSPS) is 21.1. The van der Waals surface area contributed by atoms with Crippen molar-refractivity contribution >= 4 is 5.69 Å². The van der Waals surface area contributed by atoms with Gasteiger partial charge >= 0.3 is 0 Å². The van der Waals surface area contributed by atoms with Gasteiger partial charge in [0, 0.05) is 18.1 Å². The number of nitrogens with zero attached hydrogens (tertiary/aromatic N) is 1. The fraction of sp³-hybridized carbons (Fsp3) is 0.200. The summed E-state index contributed by atoms with van der Waals surface area (Å²) in [5, 5.41) is 3.21. The lowest BCUT2D eigenvalue weighted by atomic mass is 10.3. The lowest BCUT2D eigenvalue weighted by Gasteiger charge is -2.21. The molecule has 2 nitrogen and oxygen atoms in total. The van der Waals surface area contributed by atoms with Crippen molar-refractivity contribution in [1.82, 2.24) is 5.32 Å². The van der Waals surface area contributed by atoms with Gasteiger partial charge in [-0.2, -0.15) is 0 Å². The fourth-order valence-corrected chi connectivity index (χ4v) is 1.38. The molecule has 1 N–H and O–H groups in total. The highest BCUT2D eigenvalue weighted by Crippen LogP contribution is 2.17. The van der Waals surface area contributed by atoms with Gasteiger partial charge in [-0.05, 0) is 19.1 Å². The Balaban J connectivity index is 2.25. The van der Waals surface area contributed by atoms with E-state index in [1.54, 1.807) is 0 Å². The van der Waals surface area contributed by atoms with E-state index in [0.717, 1.165) is 0 Å². The second kappa shape index (κ2) is 2.89. The minimum Gasteiger partial charge on any atom is -0.370 e. The molecule has 2 rings (SSSR count). The number of hydrogen-bond acceptors (Lipinski definition) is 2. The highest BCUT2D eigenvalue weighted by molar-refractivity contribution is 5.50. The Morgan fingerprint density at radius 3 is 2.58 bits per heavy atom. The summed E-state index contributed by atoms with van der Waals surface area (Å²) in [5.74, 6) is 0. The first-order valence-electron chi connectivity index (χ1n) is 4.14. The standard InChI is InChI=1S/C10H12N2/c1-9-11-7-8-12(9)10-5-3-2-4-6-10/h2-9,11H,1H3/t9-/m0/s1. The molecule has 1 heterocycles. The number of nitrogens with one attached hydrogen (secondary N) is 1. The topological polar surface area (TPSA) is 15.3 Å². The van der Waals surface area contributed by atoms with E-state index in [4.69, 9.17) is 0 Å². The van der Waals surface area contributed by atoms with E-state index < -0.39 is 0 Å². The molecule has 0 radical (unpaired) electrons. The molecular formula is C10H12N2. The summed E-state index contributed by atoms with van der Waals surface area (Å²) in [6.07, 6.45) is 4.39. The van der Waals surface area contributed by atoms with Crippen molar-refractivity contribution in [2.45, 2.75) is 13.1 Å². The van der Waals surface area contributed by atoms with Crippen LogP contribution < -0.4 is 10.2 Å². The molecule has 1 atom stereocenters. The third-order valence-corrected chi connectivity index (χ3v) is 2.04. The molecule has 1 aromatic rings. The van der Waals surface area contributed by atoms with Gasteiger partial charge in [0.2, 0.25) is 0 Å². The van der Waals surface area contributed by atoms with Crippen LogP contribution in [0.5, 0.6) is 0 Å². The lowest BCUT2D eigenvalue weighted by Crippen LogP contribution is -2.31. The Bertz CT molecular complexity index is 279. The van der Waals surface area contributed by atoms with Crippen molar-refractivity contribution in [3.8, 4) is 0 Å². The molecule has 1 aliphatic rings. The van der Waals surface area contributed by atoms with Gasteiger partial charge in [0.15, 0.2) is 0 Å². The number of hydrogen-bond donors (Lipinski definition) is 1. The molecule has 2 heteroatoms. The average molecular weight is 160 g/mol. The summed E-state index contributed by atoms with van der Waals surface area (Å²) in [7, 11) is 0. The van der Waals surface area contributed by atoms with Crippen molar-refractivity contribution < 1.29 is 0 Å². The molecule has 0 aliphatic carbocycles. The molecule has 0 amide bonds. The van der Waals surface area contributed by atoms with E-state index in [9.17, 15) is 0 Å². The zero-order valence-electron chi connectivity index (χ0n) is 7.07. The summed E-state index contributed by atoms with van der Waals surface area (Å²) < 4.78 is 0. The Hall–Kier alpha value is -1.44. The molecule has 0 saturated heterocycles. The van der Waals surface area contributed by atoms with Gasteiger partial charge in [0.25, 0.3) is 0 Å². The predicted molar refractivity (Wildman–Crippen MR) is 50.7 cm³/mol. The maximum Gasteiger partial charge on any atom is 0.1000 e. The molecule has 0 fully saturated rings. The summed E-state index contributed by atoms with van der Waals surface area (Å²) >= 11 is 0. The van der Waals surface area contributed by atoms with E-state index in [2.05, 4.69) is 35.5 Å². The minimum atomic E-state index is 0.368.